The SMILES string of the molecule is CC.CCC(C)c1cccc2c1C(=O)N(C)C2=O. The fraction of sp³-hybridized carbons (Fsp3) is 0.467. The Morgan fingerprint density at radius 1 is 1.17 bits per heavy atom. The standard InChI is InChI=1S/C13H15NO2.C2H6/c1-4-8(2)9-6-5-7-10-11(9)13(16)14(3)12(10)15;1-2/h5-8H,4H2,1-3H3;1-2H3. The maximum absolute atomic E-state index is 12.0. The van der Waals surface area contributed by atoms with Crippen LogP contribution in [0.3, 0.4) is 0 Å². The van der Waals surface area contributed by atoms with Crippen LogP contribution in [0.15, 0.2) is 18.2 Å². The molecular weight excluding hydrogens is 226 g/mol. The number of carbonyl (C=O) groups excluding carboxylic acids is 2. The molecule has 1 unspecified atom stereocenters. The molecule has 1 aromatic rings. The molecule has 2 amide bonds. The number of nitrogens with zero attached hydrogens (tertiary/aromatic N) is 1. The van der Waals surface area contributed by atoms with Gasteiger partial charge in [0.15, 0.2) is 0 Å². The molecule has 1 aliphatic heterocycles. The van der Waals surface area contributed by atoms with Crippen LogP contribution in [0.4, 0.5) is 0 Å². The fourth-order valence-electron chi connectivity index (χ4n) is 2.06. The summed E-state index contributed by atoms with van der Waals surface area (Å²) >= 11 is 0. The van der Waals surface area contributed by atoms with Gasteiger partial charge in [0.2, 0.25) is 0 Å². The first-order chi connectivity index (χ1) is 8.57. The maximum Gasteiger partial charge on any atom is 0.261 e. The summed E-state index contributed by atoms with van der Waals surface area (Å²) in [6.07, 6.45) is 0.960. The lowest BCUT2D eigenvalue weighted by Gasteiger charge is -2.12. The minimum atomic E-state index is -0.190. The first-order valence-electron chi connectivity index (χ1n) is 6.53. The second-order valence-electron chi connectivity index (χ2n) is 4.25. The minimum Gasteiger partial charge on any atom is -0.277 e. The molecule has 1 aliphatic rings. The van der Waals surface area contributed by atoms with Gasteiger partial charge in [0, 0.05) is 7.05 Å². The van der Waals surface area contributed by atoms with E-state index in [1.54, 1.807) is 6.07 Å². The number of benzene rings is 1. The van der Waals surface area contributed by atoms with Crippen molar-refractivity contribution in [3.8, 4) is 0 Å². The summed E-state index contributed by atoms with van der Waals surface area (Å²) < 4.78 is 0. The van der Waals surface area contributed by atoms with Crippen LogP contribution in [0.5, 0.6) is 0 Å². The molecule has 1 heterocycles. The predicted molar refractivity (Wildman–Crippen MR) is 72.9 cm³/mol. The summed E-state index contributed by atoms with van der Waals surface area (Å²) in [7, 11) is 1.53. The monoisotopic (exact) mass is 247 g/mol. The van der Waals surface area contributed by atoms with Crippen molar-refractivity contribution in [2.75, 3.05) is 7.05 Å². The third-order valence-corrected chi connectivity index (χ3v) is 3.29. The van der Waals surface area contributed by atoms with Gasteiger partial charge in [-0.05, 0) is 24.0 Å². The Labute approximate surface area is 109 Å². The number of amides is 2. The first-order valence-corrected chi connectivity index (χ1v) is 6.53. The summed E-state index contributed by atoms with van der Waals surface area (Å²) in [5.41, 5.74) is 2.14. The van der Waals surface area contributed by atoms with E-state index in [4.69, 9.17) is 0 Å². The summed E-state index contributed by atoms with van der Waals surface area (Å²) in [5, 5.41) is 0. The van der Waals surface area contributed by atoms with Crippen LogP contribution in [0.1, 0.15) is 66.3 Å². The van der Waals surface area contributed by atoms with E-state index in [0.717, 1.165) is 12.0 Å². The highest BCUT2D eigenvalue weighted by Gasteiger charge is 2.35. The molecule has 98 valence electrons. The van der Waals surface area contributed by atoms with E-state index in [2.05, 4.69) is 13.8 Å². The van der Waals surface area contributed by atoms with Gasteiger partial charge in [-0.1, -0.05) is 39.8 Å². The van der Waals surface area contributed by atoms with Crippen molar-refractivity contribution in [2.24, 2.45) is 0 Å². The third-order valence-electron chi connectivity index (χ3n) is 3.29. The molecule has 0 aromatic heterocycles. The molecule has 1 aromatic carbocycles. The smallest absolute Gasteiger partial charge is 0.261 e. The van der Waals surface area contributed by atoms with Crippen LogP contribution in [0.2, 0.25) is 0 Å². The Bertz CT molecular complexity index is 466. The molecule has 0 spiro atoms. The van der Waals surface area contributed by atoms with Gasteiger partial charge in [-0.2, -0.15) is 0 Å². The number of rotatable bonds is 2. The van der Waals surface area contributed by atoms with E-state index in [-0.39, 0.29) is 11.8 Å². The average Bonchev–Trinajstić information content (AvgIpc) is 2.65. The topological polar surface area (TPSA) is 37.4 Å². The second-order valence-corrected chi connectivity index (χ2v) is 4.25. The largest absolute Gasteiger partial charge is 0.277 e. The quantitative estimate of drug-likeness (QED) is 0.751. The van der Waals surface area contributed by atoms with Crippen molar-refractivity contribution < 1.29 is 9.59 Å². The van der Waals surface area contributed by atoms with E-state index in [0.29, 0.717) is 17.0 Å². The van der Waals surface area contributed by atoms with Crippen LogP contribution >= 0.6 is 0 Å². The lowest BCUT2D eigenvalue weighted by atomic mass is 9.91. The number of hydrogen-bond acceptors (Lipinski definition) is 2. The molecule has 0 fully saturated rings. The van der Waals surface area contributed by atoms with Crippen LogP contribution in [-0.2, 0) is 0 Å². The fourth-order valence-corrected chi connectivity index (χ4v) is 2.06. The van der Waals surface area contributed by atoms with E-state index in [1.165, 1.54) is 11.9 Å². The highest BCUT2D eigenvalue weighted by molar-refractivity contribution is 6.21. The van der Waals surface area contributed by atoms with Crippen molar-refractivity contribution in [3.63, 3.8) is 0 Å². The Morgan fingerprint density at radius 3 is 2.33 bits per heavy atom. The number of hydrogen-bond donors (Lipinski definition) is 0. The van der Waals surface area contributed by atoms with E-state index < -0.39 is 0 Å². The zero-order valence-corrected chi connectivity index (χ0v) is 11.8. The second kappa shape index (κ2) is 5.80. The molecule has 18 heavy (non-hydrogen) atoms. The highest BCUT2D eigenvalue weighted by atomic mass is 16.2. The van der Waals surface area contributed by atoms with Gasteiger partial charge in [0.25, 0.3) is 11.8 Å². The van der Waals surface area contributed by atoms with Crippen molar-refractivity contribution in [3.05, 3.63) is 34.9 Å². The van der Waals surface area contributed by atoms with Gasteiger partial charge in [-0.25, -0.2) is 0 Å². The molecule has 0 saturated carbocycles. The van der Waals surface area contributed by atoms with Gasteiger partial charge < -0.3 is 0 Å². The van der Waals surface area contributed by atoms with Gasteiger partial charge in [0.05, 0.1) is 11.1 Å². The summed E-state index contributed by atoms with van der Waals surface area (Å²) in [5.74, 6) is -0.0562. The Morgan fingerprint density at radius 2 is 1.78 bits per heavy atom. The lowest BCUT2D eigenvalue weighted by molar-refractivity contribution is 0.0692. The third kappa shape index (κ3) is 2.17. The van der Waals surface area contributed by atoms with Crippen LogP contribution in [0.25, 0.3) is 0 Å². The molecule has 2 rings (SSSR count). The molecule has 3 nitrogen and oxygen atoms in total. The molecular formula is C15H21NO2. The molecule has 0 bridgehead atoms. The Kier molecular flexibility index (Phi) is 4.65. The summed E-state index contributed by atoms with van der Waals surface area (Å²) in [4.78, 5) is 24.9. The summed E-state index contributed by atoms with van der Waals surface area (Å²) in [6, 6.07) is 5.52. The molecule has 0 N–H and O–H groups in total. The van der Waals surface area contributed by atoms with Crippen molar-refractivity contribution >= 4 is 11.8 Å². The first kappa shape index (κ1) is 14.4. The Hall–Kier alpha value is -1.64. The van der Waals surface area contributed by atoms with E-state index in [1.807, 2.05) is 26.0 Å². The Balaban J connectivity index is 0.000000771. The molecule has 1 atom stereocenters. The number of fused-ring (bicyclic) bond motifs is 1. The van der Waals surface area contributed by atoms with Crippen molar-refractivity contribution in [2.45, 2.75) is 40.0 Å². The molecule has 0 aliphatic carbocycles. The lowest BCUT2D eigenvalue weighted by Crippen LogP contribution is -2.24. The average molecular weight is 247 g/mol. The molecule has 0 radical (unpaired) electrons. The number of carbonyl (C=O) groups is 2. The maximum atomic E-state index is 12.0. The van der Waals surface area contributed by atoms with Crippen molar-refractivity contribution in [1.82, 2.24) is 4.90 Å². The van der Waals surface area contributed by atoms with E-state index in [9.17, 15) is 9.59 Å². The van der Waals surface area contributed by atoms with E-state index >= 15 is 0 Å². The normalized spacial score (nSPS) is 15.1. The zero-order chi connectivity index (χ0) is 13.9. The summed E-state index contributed by atoms with van der Waals surface area (Å²) in [6.45, 7) is 8.15. The zero-order valence-electron chi connectivity index (χ0n) is 11.8. The molecule has 3 heteroatoms. The van der Waals surface area contributed by atoms with Gasteiger partial charge >= 0.3 is 0 Å². The van der Waals surface area contributed by atoms with Crippen LogP contribution in [0, 0.1) is 0 Å². The van der Waals surface area contributed by atoms with Crippen LogP contribution < -0.4 is 0 Å². The van der Waals surface area contributed by atoms with Gasteiger partial charge in [-0.15, -0.1) is 0 Å². The minimum absolute atomic E-state index is 0.170. The van der Waals surface area contributed by atoms with Crippen molar-refractivity contribution in [1.29, 1.82) is 0 Å². The van der Waals surface area contributed by atoms with Gasteiger partial charge in [-0.3, -0.25) is 14.5 Å². The molecule has 0 saturated heterocycles. The highest BCUT2D eigenvalue weighted by Crippen LogP contribution is 2.30. The predicted octanol–water partition coefficient (Wildman–Crippen LogP) is 3.45. The number of imide groups is 1. The van der Waals surface area contributed by atoms with Gasteiger partial charge in [0.1, 0.15) is 0 Å². The van der Waals surface area contributed by atoms with Crippen LogP contribution in [-0.4, -0.2) is 23.8 Å².